The van der Waals surface area contributed by atoms with Crippen molar-refractivity contribution in [1.82, 2.24) is 0 Å². The van der Waals surface area contributed by atoms with Crippen LogP contribution in [0, 0.1) is 0 Å². The molecule has 0 saturated carbocycles. The Kier molecular flexibility index (Phi) is 16.2. The fraction of sp³-hybridized carbons (Fsp3) is 0.846. The van der Waals surface area contributed by atoms with Crippen LogP contribution in [-0.4, -0.2) is 20.6 Å². The molecular formula is C13H28ClN. The number of halogens is 1. The summed E-state index contributed by atoms with van der Waals surface area (Å²) in [5, 5.41) is 0. The normalized spacial score (nSPS) is 10.9. The van der Waals surface area contributed by atoms with Crippen LogP contribution in [0.5, 0.6) is 0 Å². The van der Waals surface area contributed by atoms with Gasteiger partial charge in [-0.05, 0) is 18.9 Å². The van der Waals surface area contributed by atoms with E-state index in [1.807, 2.05) is 0 Å². The maximum Gasteiger partial charge on any atom is 0.0953 e. The highest BCUT2D eigenvalue weighted by Gasteiger charge is 1.88. The Labute approximate surface area is 102 Å². The quantitative estimate of drug-likeness (QED) is 0.403. The van der Waals surface area contributed by atoms with Crippen LogP contribution in [-0.2, 0) is 0 Å². The molecule has 0 aromatic rings. The van der Waals surface area contributed by atoms with Gasteiger partial charge in [0, 0.05) is 0 Å². The van der Waals surface area contributed by atoms with Crippen LogP contribution in [0.25, 0.3) is 0 Å². The van der Waals surface area contributed by atoms with Crippen molar-refractivity contribution in [2.45, 2.75) is 51.9 Å². The second-order valence-electron chi connectivity index (χ2n) is 4.44. The van der Waals surface area contributed by atoms with Gasteiger partial charge in [0.05, 0.1) is 20.6 Å². The van der Waals surface area contributed by atoms with E-state index in [0.29, 0.717) is 0 Å². The number of allylic oxidation sites excluding steroid dienone is 1. The molecule has 0 rings (SSSR count). The molecule has 0 heterocycles. The Hall–Kier alpha value is -0.0100. The van der Waals surface area contributed by atoms with Crippen LogP contribution in [0.2, 0.25) is 0 Å². The first kappa shape index (κ1) is 17.4. The second-order valence-corrected chi connectivity index (χ2v) is 4.44. The van der Waals surface area contributed by atoms with Crippen molar-refractivity contribution in [1.29, 1.82) is 0 Å². The topological polar surface area (TPSA) is 4.44 Å². The molecule has 92 valence electrons. The van der Waals surface area contributed by atoms with E-state index in [0.717, 1.165) is 6.54 Å². The predicted molar refractivity (Wildman–Crippen MR) is 64.8 cm³/mol. The summed E-state index contributed by atoms with van der Waals surface area (Å²) < 4.78 is 0. The molecule has 0 radical (unpaired) electrons. The number of nitrogens with one attached hydrogen (secondary N) is 1. The largest absolute Gasteiger partial charge is 1.00 e. The van der Waals surface area contributed by atoms with E-state index in [2.05, 4.69) is 33.2 Å². The van der Waals surface area contributed by atoms with Gasteiger partial charge < -0.3 is 17.3 Å². The van der Waals surface area contributed by atoms with Crippen molar-refractivity contribution in [3.63, 3.8) is 0 Å². The Morgan fingerprint density at radius 2 is 1.47 bits per heavy atom. The highest BCUT2D eigenvalue weighted by Crippen LogP contribution is 2.06. The molecule has 0 aliphatic rings. The zero-order valence-electron chi connectivity index (χ0n) is 10.7. The highest BCUT2D eigenvalue weighted by atomic mass is 35.5. The summed E-state index contributed by atoms with van der Waals surface area (Å²) in [5.74, 6) is 0. The summed E-state index contributed by atoms with van der Waals surface area (Å²) in [6.07, 6.45) is 14.4. The molecular weight excluding hydrogens is 206 g/mol. The first-order valence-electron chi connectivity index (χ1n) is 6.21. The number of rotatable bonds is 9. The van der Waals surface area contributed by atoms with E-state index in [9.17, 15) is 0 Å². The van der Waals surface area contributed by atoms with Crippen molar-refractivity contribution in [2.75, 3.05) is 20.6 Å². The summed E-state index contributed by atoms with van der Waals surface area (Å²) in [7, 11) is 4.38. The third-order valence-electron chi connectivity index (χ3n) is 2.42. The summed E-state index contributed by atoms with van der Waals surface area (Å²) in [6, 6.07) is 0. The van der Waals surface area contributed by atoms with Crippen molar-refractivity contribution in [3.8, 4) is 0 Å². The number of hydrogen-bond donors (Lipinski definition) is 1. The third-order valence-corrected chi connectivity index (χ3v) is 2.42. The lowest BCUT2D eigenvalue weighted by molar-refractivity contribution is -0.851. The Morgan fingerprint density at radius 3 is 2.07 bits per heavy atom. The van der Waals surface area contributed by atoms with Crippen molar-refractivity contribution in [3.05, 3.63) is 12.2 Å². The van der Waals surface area contributed by atoms with Gasteiger partial charge in [0.25, 0.3) is 0 Å². The fourth-order valence-electron chi connectivity index (χ4n) is 1.48. The molecule has 0 atom stereocenters. The summed E-state index contributed by atoms with van der Waals surface area (Å²) >= 11 is 0. The fourth-order valence-corrected chi connectivity index (χ4v) is 1.48. The van der Waals surface area contributed by atoms with E-state index < -0.39 is 0 Å². The van der Waals surface area contributed by atoms with E-state index in [4.69, 9.17) is 0 Å². The highest BCUT2D eigenvalue weighted by molar-refractivity contribution is 4.80. The molecule has 1 nitrogen and oxygen atoms in total. The van der Waals surface area contributed by atoms with Gasteiger partial charge in [-0.15, -0.1) is 0 Å². The monoisotopic (exact) mass is 233 g/mol. The molecule has 2 heteroatoms. The molecule has 0 bridgehead atoms. The first-order valence-corrected chi connectivity index (χ1v) is 6.21. The van der Waals surface area contributed by atoms with Crippen molar-refractivity contribution < 1.29 is 17.3 Å². The lowest BCUT2D eigenvalue weighted by Crippen LogP contribution is -3.05. The molecule has 15 heavy (non-hydrogen) atoms. The molecule has 0 fully saturated rings. The molecule has 0 saturated heterocycles. The molecule has 0 amide bonds. The Bertz CT molecular complexity index is 132. The van der Waals surface area contributed by atoms with Gasteiger partial charge >= 0.3 is 0 Å². The van der Waals surface area contributed by atoms with Gasteiger partial charge in [-0.3, -0.25) is 0 Å². The maximum atomic E-state index is 2.34. The smallest absolute Gasteiger partial charge is 0.0953 e. The average molecular weight is 234 g/mol. The van der Waals surface area contributed by atoms with E-state index in [1.165, 1.54) is 49.8 Å². The van der Waals surface area contributed by atoms with Gasteiger partial charge in [0.2, 0.25) is 0 Å². The van der Waals surface area contributed by atoms with Crippen LogP contribution in [0.15, 0.2) is 12.2 Å². The number of unbranched alkanes of at least 4 members (excludes halogenated alkanes) is 6. The summed E-state index contributed by atoms with van der Waals surface area (Å²) in [6.45, 7) is 3.43. The standard InChI is InChI=1S/C13H27N.ClH/c1-4-5-6-7-8-9-10-11-12-13-14(2)3;/h11-12H,4-10,13H2,1-3H3;1H. The number of likely N-dealkylation sites (N-methyl/N-ethyl adjacent to an activating group) is 1. The zero-order chi connectivity index (χ0) is 10.6. The van der Waals surface area contributed by atoms with Crippen LogP contribution < -0.4 is 17.3 Å². The average Bonchev–Trinajstić information content (AvgIpc) is 2.15. The lowest BCUT2D eigenvalue weighted by atomic mass is 10.1. The predicted octanol–water partition coefficient (Wildman–Crippen LogP) is -0.558. The Morgan fingerprint density at radius 1 is 0.867 bits per heavy atom. The van der Waals surface area contributed by atoms with Crippen molar-refractivity contribution in [2.24, 2.45) is 0 Å². The summed E-state index contributed by atoms with van der Waals surface area (Å²) in [4.78, 5) is 1.50. The van der Waals surface area contributed by atoms with Crippen molar-refractivity contribution >= 4 is 0 Å². The minimum absolute atomic E-state index is 0. The zero-order valence-corrected chi connectivity index (χ0v) is 11.4. The van der Waals surface area contributed by atoms with Gasteiger partial charge in [0.1, 0.15) is 0 Å². The molecule has 0 aliphatic carbocycles. The van der Waals surface area contributed by atoms with Crippen LogP contribution >= 0.6 is 0 Å². The Balaban J connectivity index is 0. The number of quaternary nitrogens is 1. The minimum atomic E-state index is 0. The maximum absolute atomic E-state index is 2.34. The molecule has 0 spiro atoms. The lowest BCUT2D eigenvalue weighted by Gasteiger charge is -2.01. The SMILES string of the molecule is CCCCCCCCC=CC[NH+](C)C.[Cl-]. The third kappa shape index (κ3) is 16.7. The molecule has 1 N–H and O–H groups in total. The van der Waals surface area contributed by atoms with Gasteiger partial charge in [-0.25, -0.2) is 0 Å². The van der Waals surface area contributed by atoms with Gasteiger partial charge in [0.15, 0.2) is 0 Å². The second kappa shape index (κ2) is 14.0. The van der Waals surface area contributed by atoms with E-state index in [1.54, 1.807) is 0 Å². The molecule has 0 aromatic heterocycles. The van der Waals surface area contributed by atoms with Crippen LogP contribution in [0.4, 0.5) is 0 Å². The molecule has 0 unspecified atom stereocenters. The van der Waals surface area contributed by atoms with Gasteiger partial charge in [-0.1, -0.05) is 45.1 Å². The minimum Gasteiger partial charge on any atom is -1.00 e. The van der Waals surface area contributed by atoms with E-state index >= 15 is 0 Å². The molecule has 0 aliphatic heterocycles. The van der Waals surface area contributed by atoms with Gasteiger partial charge in [-0.2, -0.15) is 0 Å². The summed E-state index contributed by atoms with van der Waals surface area (Å²) in [5.41, 5.74) is 0. The van der Waals surface area contributed by atoms with Crippen LogP contribution in [0.1, 0.15) is 51.9 Å². The molecule has 0 aromatic carbocycles. The van der Waals surface area contributed by atoms with Crippen LogP contribution in [0.3, 0.4) is 0 Å². The first-order chi connectivity index (χ1) is 6.77. The van der Waals surface area contributed by atoms with E-state index in [-0.39, 0.29) is 12.4 Å². The number of hydrogen-bond acceptors (Lipinski definition) is 0.